The Morgan fingerprint density at radius 1 is 1.16 bits per heavy atom. The average molecular weight is 561 g/mol. The summed E-state index contributed by atoms with van der Waals surface area (Å²) < 4.78 is 34.6. The molecular weight excluding hydrogens is 528 g/mol. The Hall–Kier alpha value is -2.39. The largest absolute Gasteiger partial charge is 0.491 e. The van der Waals surface area contributed by atoms with Crippen LogP contribution in [0.2, 0.25) is 5.02 Å². The molecule has 198 valence electrons. The molecule has 1 amide bonds. The van der Waals surface area contributed by atoms with Crippen molar-refractivity contribution in [3.63, 3.8) is 0 Å². The molecule has 0 fully saturated rings. The summed E-state index contributed by atoms with van der Waals surface area (Å²) in [7, 11) is -3.89. The van der Waals surface area contributed by atoms with Gasteiger partial charge in [0.1, 0.15) is 12.4 Å². The lowest BCUT2D eigenvalue weighted by atomic mass is 10.0. The number of carbonyl (C=O) groups is 1. The Bertz CT molecular complexity index is 1310. The molecule has 2 aromatic carbocycles. The third kappa shape index (κ3) is 6.55. The lowest BCUT2D eigenvalue weighted by Crippen LogP contribution is -2.48. The minimum atomic E-state index is -3.89. The highest BCUT2D eigenvalue weighted by atomic mass is 35.5. The van der Waals surface area contributed by atoms with E-state index >= 15 is 0 Å². The second kappa shape index (κ2) is 12.0. The molecule has 0 spiro atoms. The van der Waals surface area contributed by atoms with Gasteiger partial charge >= 0.3 is 0 Å². The molecule has 2 atom stereocenters. The van der Waals surface area contributed by atoms with Crippen LogP contribution in [0, 0.1) is 12.8 Å². The number of thiophene rings is 1. The van der Waals surface area contributed by atoms with E-state index in [1.54, 1.807) is 28.4 Å². The number of sulfonamides is 1. The zero-order chi connectivity index (χ0) is 26.6. The Labute approximate surface area is 228 Å². The van der Waals surface area contributed by atoms with E-state index in [-0.39, 0.29) is 35.9 Å². The summed E-state index contributed by atoms with van der Waals surface area (Å²) in [4.78, 5) is 16.9. The highest BCUT2D eigenvalue weighted by Gasteiger charge is 2.35. The van der Waals surface area contributed by atoms with Gasteiger partial charge in [0, 0.05) is 23.0 Å². The minimum absolute atomic E-state index is 0.0976. The van der Waals surface area contributed by atoms with E-state index in [2.05, 4.69) is 0 Å². The molecule has 0 unspecified atom stereocenters. The predicted octanol–water partition coefficient (Wildman–Crippen LogP) is 5.95. The van der Waals surface area contributed by atoms with E-state index in [9.17, 15) is 13.2 Å². The smallest absolute Gasteiger partial charge is 0.243 e. The Kier molecular flexibility index (Phi) is 8.95. The molecule has 37 heavy (non-hydrogen) atoms. The average Bonchev–Trinajstić information content (AvgIpc) is 3.37. The summed E-state index contributed by atoms with van der Waals surface area (Å²) in [5.74, 6) is 0.611. The normalized spacial score (nSPS) is 16.5. The summed E-state index contributed by atoms with van der Waals surface area (Å²) in [6.07, 6.45) is 1.55. The van der Waals surface area contributed by atoms with Crippen molar-refractivity contribution in [2.45, 2.75) is 44.6 Å². The Morgan fingerprint density at radius 2 is 1.86 bits per heavy atom. The number of hydrogen-bond acceptors (Lipinski definition) is 5. The molecule has 9 heteroatoms. The van der Waals surface area contributed by atoms with Crippen molar-refractivity contribution in [1.29, 1.82) is 0 Å². The van der Waals surface area contributed by atoms with Crippen LogP contribution in [0.4, 0.5) is 0 Å². The van der Waals surface area contributed by atoms with Crippen LogP contribution < -0.4 is 4.74 Å². The van der Waals surface area contributed by atoms with Gasteiger partial charge < -0.3 is 9.64 Å². The number of aryl methyl sites for hydroxylation is 1. The number of halogens is 1. The third-order valence-corrected chi connectivity index (χ3v) is 9.89. The molecular formula is C28H33ClN2O4S2. The van der Waals surface area contributed by atoms with Gasteiger partial charge in [-0.25, -0.2) is 8.42 Å². The summed E-state index contributed by atoms with van der Waals surface area (Å²) in [6.45, 7) is 6.88. The minimum Gasteiger partial charge on any atom is -0.491 e. The SMILES string of the molecule is CC[C@H](C)CN(CC(=O)N1CCc2sccc2[C@H]1COc1ccc(C)cc1)S(=O)(=O)c1ccc(Cl)cc1. The number of benzene rings is 2. The molecule has 0 saturated heterocycles. The first kappa shape index (κ1) is 27.6. The van der Waals surface area contributed by atoms with Gasteiger partial charge in [0.2, 0.25) is 15.9 Å². The van der Waals surface area contributed by atoms with Crippen LogP contribution >= 0.6 is 22.9 Å². The summed E-state index contributed by atoms with van der Waals surface area (Å²) in [5.41, 5.74) is 2.22. The van der Waals surface area contributed by atoms with E-state index in [4.69, 9.17) is 16.3 Å². The lowest BCUT2D eigenvalue weighted by molar-refractivity contribution is -0.135. The molecule has 0 bridgehead atoms. The van der Waals surface area contributed by atoms with Gasteiger partial charge in [0.05, 0.1) is 17.5 Å². The van der Waals surface area contributed by atoms with Crippen LogP contribution in [0.3, 0.4) is 0 Å². The fourth-order valence-electron chi connectivity index (χ4n) is 4.41. The summed E-state index contributed by atoms with van der Waals surface area (Å²) in [5, 5.41) is 2.50. The molecule has 0 radical (unpaired) electrons. The van der Waals surface area contributed by atoms with Gasteiger partial charge in [0.25, 0.3) is 0 Å². The molecule has 0 aliphatic carbocycles. The number of fused-ring (bicyclic) bond motifs is 1. The molecule has 1 aromatic heterocycles. The summed E-state index contributed by atoms with van der Waals surface area (Å²) >= 11 is 7.67. The Morgan fingerprint density at radius 3 is 2.54 bits per heavy atom. The van der Waals surface area contributed by atoms with Crippen LogP contribution in [0.5, 0.6) is 5.75 Å². The fourth-order valence-corrected chi connectivity index (χ4v) is 6.97. The highest BCUT2D eigenvalue weighted by molar-refractivity contribution is 7.89. The molecule has 4 rings (SSSR count). The topological polar surface area (TPSA) is 66.9 Å². The fraction of sp³-hybridized carbons (Fsp3) is 0.393. The molecule has 6 nitrogen and oxygen atoms in total. The number of hydrogen-bond donors (Lipinski definition) is 0. The maximum Gasteiger partial charge on any atom is 0.243 e. The molecule has 0 saturated carbocycles. The number of rotatable bonds is 10. The van der Waals surface area contributed by atoms with E-state index in [1.807, 2.05) is 56.5 Å². The standard InChI is InChI=1S/C28H33ClN2O4S2/c1-4-20(2)17-30(37(33,34)24-11-7-22(29)8-12-24)18-28(32)31-15-13-27-25(14-16-36-27)26(31)19-35-23-9-5-21(3)6-10-23/h5-12,14,16,20,26H,4,13,15,17-19H2,1-3H3/t20-,26+/m0/s1. The first-order chi connectivity index (χ1) is 17.7. The van der Waals surface area contributed by atoms with Gasteiger partial charge in [-0.05, 0) is 72.7 Å². The van der Waals surface area contributed by atoms with Gasteiger partial charge in [0.15, 0.2) is 0 Å². The maximum absolute atomic E-state index is 13.8. The zero-order valence-electron chi connectivity index (χ0n) is 21.4. The van der Waals surface area contributed by atoms with Gasteiger partial charge in [-0.15, -0.1) is 11.3 Å². The van der Waals surface area contributed by atoms with Crippen molar-refractivity contribution >= 4 is 38.9 Å². The number of carbonyl (C=O) groups excluding carboxylic acids is 1. The summed E-state index contributed by atoms with van der Waals surface area (Å²) in [6, 6.07) is 15.7. The van der Waals surface area contributed by atoms with Crippen LogP contribution in [0.1, 0.15) is 42.3 Å². The van der Waals surface area contributed by atoms with Crippen LogP contribution in [-0.2, 0) is 21.2 Å². The number of ether oxygens (including phenoxy) is 1. The second-order valence-corrected chi connectivity index (χ2v) is 12.9. The molecule has 0 N–H and O–H groups in total. The Balaban J connectivity index is 1.58. The lowest BCUT2D eigenvalue weighted by Gasteiger charge is -2.37. The molecule has 1 aliphatic heterocycles. The molecule has 1 aliphatic rings. The van der Waals surface area contributed by atoms with Crippen molar-refractivity contribution in [2.24, 2.45) is 5.92 Å². The van der Waals surface area contributed by atoms with E-state index in [0.29, 0.717) is 18.2 Å². The number of nitrogens with zero attached hydrogens (tertiary/aromatic N) is 2. The van der Waals surface area contributed by atoms with Gasteiger partial charge in [-0.3, -0.25) is 4.79 Å². The molecule has 3 aromatic rings. The van der Waals surface area contributed by atoms with Crippen molar-refractivity contribution in [3.8, 4) is 5.75 Å². The van der Waals surface area contributed by atoms with Crippen molar-refractivity contribution in [2.75, 3.05) is 26.2 Å². The first-order valence-corrected chi connectivity index (χ1v) is 15.2. The van der Waals surface area contributed by atoms with Crippen LogP contribution in [0.15, 0.2) is 64.9 Å². The highest BCUT2D eigenvalue weighted by Crippen LogP contribution is 2.34. The van der Waals surface area contributed by atoms with Gasteiger partial charge in [-0.2, -0.15) is 4.31 Å². The van der Waals surface area contributed by atoms with E-state index in [0.717, 1.165) is 29.7 Å². The van der Waals surface area contributed by atoms with E-state index < -0.39 is 10.0 Å². The third-order valence-electron chi connectivity index (χ3n) is 6.82. The van der Waals surface area contributed by atoms with E-state index in [1.165, 1.54) is 21.3 Å². The zero-order valence-corrected chi connectivity index (χ0v) is 23.8. The van der Waals surface area contributed by atoms with Crippen molar-refractivity contribution in [3.05, 3.63) is 81.0 Å². The number of amides is 1. The quantitative estimate of drug-likeness (QED) is 0.307. The van der Waals surface area contributed by atoms with Crippen molar-refractivity contribution in [1.82, 2.24) is 9.21 Å². The molecule has 2 heterocycles. The predicted molar refractivity (Wildman–Crippen MR) is 149 cm³/mol. The second-order valence-electron chi connectivity index (χ2n) is 9.54. The maximum atomic E-state index is 13.8. The first-order valence-electron chi connectivity index (χ1n) is 12.5. The van der Waals surface area contributed by atoms with Gasteiger partial charge in [-0.1, -0.05) is 49.6 Å². The van der Waals surface area contributed by atoms with Crippen LogP contribution in [0.25, 0.3) is 0 Å². The van der Waals surface area contributed by atoms with Crippen molar-refractivity contribution < 1.29 is 17.9 Å². The monoisotopic (exact) mass is 560 g/mol. The van der Waals surface area contributed by atoms with Crippen LogP contribution in [-0.4, -0.2) is 49.8 Å².